The summed E-state index contributed by atoms with van der Waals surface area (Å²) in [4.78, 5) is 36.3. The fourth-order valence-corrected chi connectivity index (χ4v) is 1.89. The van der Waals surface area contributed by atoms with Crippen LogP contribution in [0.25, 0.3) is 0 Å². The molecule has 1 aliphatic rings. The van der Waals surface area contributed by atoms with Crippen molar-refractivity contribution in [1.29, 1.82) is 0 Å². The van der Waals surface area contributed by atoms with Gasteiger partial charge in [0.2, 0.25) is 17.6 Å². The van der Waals surface area contributed by atoms with E-state index in [-0.39, 0.29) is 12.3 Å². The molecule has 1 unspecified atom stereocenters. The predicted molar refractivity (Wildman–Crippen MR) is 59.5 cm³/mol. The van der Waals surface area contributed by atoms with Gasteiger partial charge in [0.05, 0.1) is 5.69 Å². The van der Waals surface area contributed by atoms with Gasteiger partial charge in [-0.1, -0.05) is 12.1 Å². The highest BCUT2D eigenvalue weighted by molar-refractivity contribution is 6.06. The van der Waals surface area contributed by atoms with Crippen LogP contribution < -0.4 is 5.32 Å². The van der Waals surface area contributed by atoms with Crippen LogP contribution in [0.2, 0.25) is 0 Å². The van der Waals surface area contributed by atoms with Crippen molar-refractivity contribution in [2.24, 2.45) is 0 Å². The molecule has 1 fully saturated rings. The zero-order valence-electron chi connectivity index (χ0n) is 10.1. The lowest BCUT2D eigenvalue weighted by Crippen LogP contribution is -2.59. The lowest BCUT2D eigenvalue weighted by atomic mass is 10.1. The second-order valence-corrected chi connectivity index (χ2v) is 4.10. The quantitative estimate of drug-likeness (QED) is 0.738. The molecule has 7 nitrogen and oxygen atoms in total. The first-order chi connectivity index (χ1) is 8.52. The maximum atomic E-state index is 12.1. The Kier molecular flexibility index (Phi) is 3.14. The van der Waals surface area contributed by atoms with Gasteiger partial charge in [0.15, 0.2) is 0 Å². The van der Waals surface area contributed by atoms with Crippen molar-refractivity contribution in [3.8, 4) is 0 Å². The lowest BCUT2D eigenvalue weighted by Gasteiger charge is -2.32. The highest BCUT2D eigenvalue weighted by atomic mass is 16.5. The Morgan fingerprint density at radius 2 is 2.33 bits per heavy atom. The zero-order valence-corrected chi connectivity index (χ0v) is 10.1. The largest absolute Gasteiger partial charge is 0.351 e. The summed E-state index contributed by atoms with van der Waals surface area (Å²) in [6.45, 7) is 3.31. The van der Waals surface area contributed by atoms with E-state index in [0.29, 0.717) is 12.1 Å². The highest BCUT2D eigenvalue weighted by Gasteiger charge is 2.37. The molecule has 7 heteroatoms. The van der Waals surface area contributed by atoms with Gasteiger partial charge in [-0.25, -0.2) is 0 Å². The number of piperazine rings is 1. The minimum Gasteiger partial charge on any atom is -0.351 e. The van der Waals surface area contributed by atoms with Crippen LogP contribution in [0.4, 0.5) is 0 Å². The molecular formula is C11H13N3O4. The van der Waals surface area contributed by atoms with Crippen molar-refractivity contribution in [3.05, 3.63) is 17.5 Å². The molecule has 0 radical (unpaired) electrons. The monoisotopic (exact) mass is 251 g/mol. The van der Waals surface area contributed by atoms with Crippen LogP contribution in [0.3, 0.4) is 0 Å². The normalized spacial score (nSPS) is 19.9. The Hall–Kier alpha value is -2.18. The summed E-state index contributed by atoms with van der Waals surface area (Å²) in [5.41, 5.74) is 0.569. The van der Waals surface area contributed by atoms with E-state index in [2.05, 4.69) is 10.5 Å². The van der Waals surface area contributed by atoms with Crippen LogP contribution in [0.1, 0.15) is 29.6 Å². The molecule has 0 aliphatic carbocycles. The van der Waals surface area contributed by atoms with E-state index in [1.165, 1.54) is 11.0 Å². The van der Waals surface area contributed by atoms with E-state index < -0.39 is 23.8 Å². The first kappa shape index (κ1) is 12.3. The van der Waals surface area contributed by atoms with Gasteiger partial charge in [0, 0.05) is 6.07 Å². The average Bonchev–Trinajstić information content (AvgIpc) is 2.74. The Morgan fingerprint density at radius 3 is 2.89 bits per heavy atom. The molecule has 18 heavy (non-hydrogen) atoms. The summed E-state index contributed by atoms with van der Waals surface area (Å²) >= 11 is 0. The van der Waals surface area contributed by atoms with E-state index in [0.717, 1.165) is 0 Å². The Labute approximate surface area is 103 Å². The summed E-state index contributed by atoms with van der Waals surface area (Å²) in [5.74, 6) is -1.41. The lowest BCUT2D eigenvalue weighted by molar-refractivity contribution is -0.138. The summed E-state index contributed by atoms with van der Waals surface area (Å²) in [6.07, 6.45) is 0.429. The molecule has 1 saturated heterocycles. The topological polar surface area (TPSA) is 92.5 Å². The molecule has 2 heterocycles. The Morgan fingerprint density at radius 1 is 1.61 bits per heavy atom. The van der Waals surface area contributed by atoms with Crippen molar-refractivity contribution in [2.45, 2.75) is 26.3 Å². The number of carbonyl (C=O) groups is 3. The molecule has 1 aliphatic heterocycles. The third kappa shape index (κ3) is 2.11. The standard InChI is InChI=1S/C11H13N3O4/c1-3-7-10(16)12-9(15)5-14(7)11(17)8-4-6(2)13-18-8/h4,7H,3,5H2,1-2H3,(H,12,15,16). The van der Waals surface area contributed by atoms with Crippen LogP contribution in [-0.2, 0) is 9.59 Å². The van der Waals surface area contributed by atoms with Crippen molar-refractivity contribution in [1.82, 2.24) is 15.4 Å². The van der Waals surface area contributed by atoms with Gasteiger partial charge in [-0.3, -0.25) is 19.7 Å². The Bertz CT molecular complexity index is 508. The number of aromatic nitrogens is 1. The summed E-state index contributed by atoms with van der Waals surface area (Å²) in [6, 6.07) is 0.826. The predicted octanol–water partition coefficient (Wildman–Crippen LogP) is -0.140. The second-order valence-electron chi connectivity index (χ2n) is 4.10. The van der Waals surface area contributed by atoms with E-state index in [1.54, 1.807) is 13.8 Å². The van der Waals surface area contributed by atoms with Gasteiger partial charge in [-0.2, -0.15) is 0 Å². The fourth-order valence-electron chi connectivity index (χ4n) is 1.89. The summed E-state index contributed by atoms with van der Waals surface area (Å²) < 4.78 is 4.86. The van der Waals surface area contributed by atoms with E-state index in [4.69, 9.17) is 4.52 Å². The third-order valence-corrected chi connectivity index (χ3v) is 2.74. The SMILES string of the molecule is CCC1C(=O)NC(=O)CN1C(=O)c1cc(C)no1. The molecule has 3 amide bonds. The zero-order chi connectivity index (χ0) is 13.3. The van der Waals surface area contributed by atoms with Crippen LogP contribution in [0.5, 0.6) is 0 Å². The molecular weight excluding hydrogens is 238 g/mol. The maximum Gasteiger partial charge on any atom is 0.293 e. The molecule has 0 saturated carbocycles. The third-order valence-electron chi connectivity index (χ3n) is 2.74. The number of aryl methyl sites for hydroxylation is 1. The average molecular weight is 251 g/mol. The summed E-state index contributed by atoms with van der Waals surface area (Å²) in [7, 11) is 0. The van der Waals surface area contributed by atoms with Gasteiger partial charge >= 0.3 is 0 Å². The number of hydrogen-bond acceptors (Lipinski definition) is 5. The number of hydrogen-bond donors (Lipinski definition) is 1. The number of rotatable bonds is 2. The minimum atomic E-state index is -0.652. The number of nitrogens with one attached hydrogen (secondary N) is 1. The van der Waals surface area contributed by atoms with Crippen LogP contribution >= 0.6 is 0 Å². The molecule has 0 aromatic carbocycles. The van der Waals surface area contributed by atoms with Gasteiger partial charge in [0.25, 0.3) is 5.91 Å². The van der Waals surface area contributed by atoms with Crippen LogP contribution in [0.15, 0.2) is 10.6 Å². The summed E-state index contributed by atoms with van der Waals surface area (Å²) in [5, 5.41) is 5.82. The van der Waals surface area contributed by atoms with E-state index in [1.807, 2.05) is 0 Å². The smallest absolute Gasteiger partial charge is 0.293 e. The Balaban J connectivity index is 2.26. The molecule has 0 bridgehead atoms. The van der Waals surface area contributed by atoms with Crippen LogP contribution in [0, 0.1) is 6.92 Å². The number of carbonyl (C=O) groups excluding carboxylic acids is 3. The van der Waals surface area contributed by atoms with Crippen molar-refractivity contribution in [2.75, 3.05) is 6.54 Å². The molecule has 0 spiro atoms. The van der Waals surface area contributed by atoms with Crippen molar-refractivity contribution < 1.29 is 18.9 Å². The van der Waals surface area contributed by atoms with Crippen molar-refractivity contribution in [3.63, 3.8) is 0 Å². The molecule has 96 valence electrons. The molecule has 2 rings (SSSR count). The number of imide groups is 1. The number of amides is 3. The molecule has 1 N–H and O–H groups in total. The molecule has 1 atom stereocenters. The minimum absolute atomic E-state index is 0.0356. The molecule has 1 aromatic heterocycles. The molecule has 1 aromatic rings. The second kappa shape index (κ2) is 4.59. The van der Waals surface area contributed by atoms with Gasteiger partial charge < -0.3 is 9.42 Å². The fraction of sp³-hybridized carbons (Fsp3) is 0.455. The van der Waals surface area contributed by atoms with E-state index in [9.17, 15) is 14.4 Å². The van der Waals surface area contributed by atoms with E-state index >= 15 is 0 Å². The van der Waals surface area contributed by atoms with Crippen molar-refractivity contribution >= 4 is 17.7 Å². The number of nitrogens with zero attached hydrogens (tertiary/aromatic N) is 2. The van der Waals surface area contributed by atoms with Gasteiger partial charge in [-0.05, 0) is 13.3 Å². The first-order valence-electron chi connectivity index (χ1n) is 5.61. The van der Waals surface area contributed by atoms with Gasteiger partial charge in [-0.15, -0.1) is 0 Å². The maximum absolute atomic E-state index is 12.1. The van der Waals surface area contributed by atoms with Gasteiger partial charge in [0.1, 0.15) is 12.6 Å². The highest BCUT2D eigenvalue weighted by Crippen LogP contribution is 2.14. The van der Waals surface area contributed by atoms with Crippen LogP contribution in [-0.4, -0.2) is 40.4 Å². The first-order valence-corrected chi connectivity index (χ1v) is 5.61.